The van der Waals surface area contributed by atoms with E-state index in [0.29, 0.717) is 21.8 Å². The third kappa shape index (κ3) is 5.67. The number of carbonyl (C=O) groups is 2. The second-order valence-electron chi connectivity index (χ2n) is 6.08. The predicted molar refractivity (Wildman–Crippen MR) is 110 cm³/mol. The molecule has 0 aliphatic carbocycles. The minimum Gasteiger partial charge on any atom is -0.452 e. The lowest BCUT2D eigenvalue weighted by Crippen LogP contribution is -2.21. The molecule has 0 radical (unpaired) electrons. The number of nitrogens with one attached hydrogen (secondary N) is 1. The van der Waals surface area contributed by atoms with Crippen LogP contribution >= 0.6 is 11.8 Å². The molecule has 0 aliphatic heterocycles. The van der Waals surface area contributed by atoms with E-state index in [1.807, 2.05) is 37.3 Å². The van der Waals surface area contributed by atoms with Gasteiger partial charge in [-0.3, -0.25) is 4.79 Å². The van der Waals surface area contributed by atoms with E-state index in [4.69, 9.17) is 10.00 Å². The summed E-state index contributed by atoms with van der Waals surface area (Å²) in [5.41, 5.74) is 2.44. The number of nitriles is 1. The van der Waals surface area contributed by atoms with E-state index in [1.54, 1.807) is 42.6 Å². The Labute approximate surface area is 172 Å². The lowest BCUT2D eigenvalue weighted by Gasteiger charge is -2.09. The smallest absolute Gasteiger partial charge is 0.341 e. The molecule has 0 fully saturated rings. The zero-order chi connectivity index (χ0) is 20.6. The van der Waals surface area contributed by atoms with Crippen molar-refractivity contribution in [3.63, 3.8) is 0 Å². The molecule has 1 N–H and O–H groups in total. The maximum atomic E-state index is 12.5. The number of nitrogens with zero attached hydrogens (tertiary/aromatic N) is 2. The summed E-state index contributed by atoms with van der Waals surface area (Å²) in [5.74, 6) is -1.10. The van der Waals surface area contributed by atoms with Crippen molar-refractivity contribution < 1.29 is 14.3 Å². The molecule has 3 aromatic rings. The molecule has 0 spiro atoms. The summed E-state index contributed by atoms with van der Waals surface area (Å²) in [6.45, 7) is 1.57. The number of rotatable bonds is 6. The number of esters is 1. The number of hydrogen-bond acceptors (Lipinski definition) is 6. The highest BCUT2D eigenvalue weighted by atomic mass is 32.2. The number of hydrogen-bond donors (Lipinski definition) is 1. The molecule has 1 amide bonds. The first-order valence-corrected chi connectivity index (χ1v) is 9.53. The number of anilines is 1. The van der Waals surface area contributed by atoms with Gasteiger partial charge in [0.25, 0.3) is 5.91 Å². The van der Waals surface area contributed by atoms with Crippen LogP contribution in [0.4, 0.5) is 5.69 Å². The molecule has 1 aromatic heterocycles. The van der Waals surface area contributed by atoms with Crippen LogP contribution in [0, 0.1) is 18.3 Å². The molecule has 0 saturated carbocycles. The molecule has 0 bridgehead atoms. The molecule has 2 aromatic carbocycles. The molecule has 3 rings (SSSR count). The number of amides is 1. The van der Waals surface area contributed by atoms with Crippen LogP contribution in [0.1, 0.15) is 21.5 Å². The van der Waals surface area contributed by atoms with E-state index in [9.17, 15) is 9.59 Å². The Hall–Kier alpha value is -3.63. The molecule has 0 saturated heterocycles. The van der Waals surface area contributed by atoms with Crippen LogP contribution in [-0.2, 0) is 9.53 Å². The highest BCUT2D eigenvalue weighted by Gasteiger charge is 2.16. The topological polar surface area (TPSA) is 92.1 Å². The van der Waals surface area contributed by atoms with Crippen molar-refractivity contribution in [1.29, 1.82) is 5.26 Å². The van der Waals surface area contributed by atoms with Crippen LogP contribution < -0.4 is 5.32 Å². The normalized spacial score (nSPS) is 10.1. The Morgan fingerprint density at radius 2 is 1.83 bits per heavy atom. The number of carbonyl (C=O) groups excluding carboxylic acids is 2. The van der Waals surface area contributed by atoms with E-state index in [1.165, 1.54) is 11.8 Å². The molecular formula is C22H17N3O3S. The van der Waals surface area contributed by atoms with Gasteiger partial charge in [-0.1, -0.05) is 29.5 Å². The van der Waals surface area contributed by atoms with Crippen molar-refractivity contribution in [3.05, 3.63) is 83.6 Å². The summed E-state index contributed by atoms with van der Waals surface area (Å²) >= 11 is 1.35. The Morgan fingerprint density at radius 3 is 2.52 bits per heavy atom. The van der Waals surface area contributed by atoms with Gasteiger partial charge in [-0.15, -0.1) is 0 Å². The van der Waals surface area contributed by atoms with Gasteiger partial charge in [0.15, 0.2) is 6.61 Å². The van der Waals surface area contributed by atoms with E-state index in [-0.39, 0.29) is 0 Å². The van der Waals surface area contributed by atoms with Crippen LogP contribution in [-0.4, -0.2) is 23.5 Å². The van der Waals surface area contributed by atoms with E-state index in [0.717, 1.165) is 10.5 Å². The monoisotopic (exact) mass is 403 g/mol. The highest BCUT2D eigenvalue weighted by molar-refractivity contribution is 7.99. The zero-order valence-corrected chi connectivity index (χ0v) is 16.4. The molecule has 7 heteroatoms. The average Bonchev–Trinajstić information content (AvgIpc) is 2.74. The molecular weight excluding hydrogens is 386 g/mol. The van der Waals surface area contributed by atoms with Gasteiger partial charge < -0.3 is 10.1 Å². The SMILES string of the molecule is Cc1ccc(Sc2ncccc2C(=O)OCC(=O)Nc2ccc(C#N)cc2)cc1. The summed E-state index contributed by atoms with van der Waals surface area (Å²) in [5, 5.41) is 11.9. The Bertz CT molecular complexity index is 1060. The van der Waals surface area contributed by atoms with Crippen molar-refractivity contribution in [3.8, 4) is 6.07 Å². The van der Waals surface area contributed by atoms with Gasteiger partial charge in [0.05, 0.1) is 17.2 Å². The van der Waals surface area contributed by atoms with Gasteiger partial charge in [0, 0.05) is 16.8 Å². The summed E-state index contributed by atoms with van der Waals surface area (Å²) in [6, 6.07) is 19.5. The quantitative estimate of drug-likeness (QED) is 0.620. The minimum atomic E-state index is -0.623. The molecule has 144 valence electrons. The second-order valence-corrected chi connectivity index (χ2v) is 7.15. The van der Waals surface area contributed by atoms with Crippen LogP contribution in [0.5, 0.6) is 0 Å². The van der Waals surface area contributed by atoms with Crippen molar-refractivity contribution in [2.75, 3.05) is 11.9 Å². The van der Waals surface area contributed by atoms with Gasteiger partial charge in [-0.05, 0) is 55.5 Å². The fourth-order valence-electron chi connectivity index (χ4n) is 2.38. The molecule has 0 unspecified atom stereocenters. The van der Waals surface area contributed by atoms with Gasteiger partial charge in [0.1, 0.15) is 5.03 Å². The van der Waals surface area contributed by atoms with Crippen LogP contribution in [0.2, 0.25) is 0 Å². The number of ether oxygens (including phenoxy) is 1. The van der Waals surface area contributed by atoms with Gasteiger partial charge >= 0.3 is 5.97 Å². The van der Waals surface area contributed by atoms with Gasteiger partial charge in [-0.25, -0.2) is 9.78 Å². The lowest BCUT2D eigenvalue weighted by molar-refractivity contribution is -0.119. The maximum absolute atomic E-state index is 12.5. The lowest BCUT2D eigenvalue weighted by atomic mass is 10.2. The van der Waals surface area contributed by atoms with Gasteiger partial charge in [-0.2, -0.15) is 5.26 Å². The molecule has 29 heavy (non-hydrogen) atoms. The van der Waals surface area contributed by atoms with E-state index >= 15 is 0 Å². The predicted octanol–water partition coefficient (Wildman–Crippen LogP) is 4.21. The van der Waals surface area contributed by atoms with Gasteiger partial charge in [0.2, 0.25) is 0 Å². The molecule has 0 aliphatic rings. The van der Waals surface area contributed by atoms with Crippen molar-refractivity contribution in [1.82, 2.24) is 4.98 Å². The molecule has 6 nitrogen and oxygen atoms in total. The fourth-order valence-corrected chi connectivity index (χ4v) is 3.25. The first-order valence-electron chi connectivity index (χ1n) is 8.72. The average molecular weight is 403 g/mol. The minimum absolute atomic E-state index is 0.296. The number of pyridine rings is 1. The first-order chi connectivity index (χ1) is 14.0. The van der Waals surface area contributed by atoms with Crippen molar-refractivity contribution >= 4 is 29.3 Å². The van der Waals surface area contributed by atoms with E-state index in [2.05, 4.69) is 10.3 Å². The fraction of sp³-hybridized carbons (Fsp3) is 0.0909. The molecule has 1 heterocycles. The maximum Gasteiger partial charge on any atom is 0.341 e. The Kier molecular flexibility index (Phi) is 6.61. The zero-order valence-electron chi connectivity index (χ0n) is 15.6. The highest BCUT2D eigenvalue weighted by Crippen LogP contribution is 2.29. The number of aryl methyl sites for hydroxylation is 1. The first kappa shape index (κ1) is 20.1. The second kappa shape index (κ2) is 9.53. The Morgan fingerprint density at radius 1 is 1.10 bits per heavy atom. The van der Waals surface area contributed by atoms with Crippen molar-refractivity contribution in [2.45, 2.75) is 16.8 Å². The summed E-state index contributed by atoms with van der Waals surface area (Å²) in [6.07, 6.45) is 1.60. The van der Waals surface area contributed by atoms with Crippen LogP contribution in [0.3, 0.4) is 0 Å². The number of benzene rings is 2. The third-order valence-electron chi connectivity index (χ3n) is 3.86. The Balaban J connectivity index is 1.61. The van der Waals surface area contributed by atoms with Crippen molar-refractivity contribution in [2.24, 2.45) is 0 Å². The third-order valence-corrected chi connectivity index (χ3v) is 4.89. The summed E-state index contributed by atoms with van der Waals surface area (Å²) in [4.78, 5) is 29.7. The summed E-state index contributed by atoms with van der Waals surface area (Å²) < 4.78 is 5.15. The number of aromatic nitrogens is 1. The largest absolute Gasteiger partial charge is 0.452 e. The van der Waals surface area contributed by atoms with Crippen LogP contribution in [0.25, 0.3) is 0 Å². The van der Waals surface area contributed by atoms with Crippen LogP contribution in [0.15, 0.2) is 76.8 Å². The summed E-state index contributed by atoms with van der Waals surface area (Å²) in [7, 11) is 0. The van der Waals surface area contributed by atoms with E-state index < -0.39 is 18.5 Å². The standard InChI is InChI=1S/C22H17N3O3S/c1-15-4-10-18(11-5-15)29-21-19(3-2-12-24-21)22(27)28-14-20(26)25-17-8-6-16(13-23)7-9-17/h2-12H,14H2,1H3,(H,25,26). The molecule has 0 atom stereocenters.